The topological polar surface area (TPSA) is 95.6 Å². The van der Waals surface area contributed by atoms with Crippen LogP contribution in [0.3, 0.4) is 0 Å². The van der Waals surface area contributed by atoms with E-state index in [-0.39, 0.29) is 23.1 Å². The van der Waals surface area contributed by atoms with E-state index in [0.717, 1.165) is 11.3 Å². The van der Waals surface area contributed by atoms with Crippen LogP contribution in [0, 0.1) is 12.8 Å². The molecule has 1 aliphatic heterocycles. The van der Waals surface area contributed by atoms with Crippen LogP contribution in [-0.4, -0.2) is 32.3 Å². The van der Waals surface area contributed by atoms with Crippen LogP contribution in [0.4, 0.5) is 11.4 Å². The number of benzene rings is 2. The molecule has 1 atom stereocenters. The van der Waals surface area contributed by atoms with Gasteiger partial charge in [-0.2, -0.15) is 0 Å². The summed E-state index contributed by atoms with van der Waals surface area (Å²) >= 11 is 0. The zero-order chi connectivity index (χ0) is 22.1. The average Bonchev–Trinajstić information content (AvgIpc) is 3.02. The monoisotopic (exact) mass is 429 g/mol. The molecule has 30 heavy (non-hydrogen) atoms. The minimum absolute atomic E-state index is 0.0841. The van der Waals surface area contributed by atoms with Gasteiger partial charge in [0.25, 0.3) is 0 Å². The van der Waals surface area contributed by atoms with Crippen molar-refractivity contribution < 1.29 is 18.0 Å². The van der Waals surface area contributed by atoms with Crippen molar-refractivity contribution in [3.05, 3.63) is 54.1 Å². The summed E-state index contributed by atoms with van der Waals surface area (Å²) in [7, 11) is -3.64. The molecule has 2 aromatic carbocycles. The van der Waals surface area contributed by atoms with Crippen LogP contribution >= 0.6 is 0 Å². The number of hydrogen-bond acceptors (Lipinski definition) is 4. The maximum Gasteiger partial charge on any atom is 0.241 e. The maximum atomic E-state index is 12.7. The Morgan fingerprint density at radius 2 is 1.70 bits per heavy atom. The van der Waals surface area contributed by atoms with Gasteiger partial charge >= 0.3 is 0 Å². The van der Waals surface area contributed by atoms with Crippen LogP contribution in [-0.2, 0) is 19.6 Å². The smallest absolute Gasteiger partial charge is 0.241 e. The molecule has 0 aromatic heterocycles. The van der Waals surface area contributed by atoms with Gasteiger partial charge in [0.15, 0.2) is 0 Å². The van der Waals surface area contributed by atoms with Gasteiger partial charge in [-0.05, 0) is 63.6 Å². The fraction of sp³-hybridized carbons (Fsp3) is 0.364. The van der Waals surface area contributed by atoms with Crippen LogP contribution in [0.5, 0.6) is 0 Å². The molecule has 2 amide bonds. The van der Waals surface area contributed by atoms with E-state index in [1.54, 1.807) is 37.8 Å². The molecule has 3 rings (SSSR count). The van der Waals surface area contributed by atoms with E-state index in [9.17, 15) is 18.0 Å². The minimum Gasteiger partial charge on any atom is -0.326 e. The molecule has 0 spiro atoms. The zero-order valence-electron chi connectivity index (χ0n) is 17.6. The van der Waals surface area contributed by atoms with Crippen molar-refractivity contribution in [1.82, 2.24) is 4.72 Å². The molecule has 0 aliphatic carbocycles. The molecule has 1 fully saturated rings. The molecule has 2 N–H and O–H groups in total. The SMILES string of the molecule is Cc1ccccc1N1CC(C(=O)Nc2ccc(S(=O)(=O)NC(C)(C)C)cc2)CC1=O. The normalized spacial score (nSPS) is 17.3. The highest BCUT2D eigenvalue weighted by molar-refractivity contribution is 7.89. The lowest BCUT2D eigenvalue weighted by molar-refractivity contribution is -0.122. The Morgan fingerprint density at radius 1 is 1.07 bits per heavy atom. The summed E-state index contributed by atoms with van der Waals surface area (Å²) in [5.74, 6) is -0.815. The number of anilines is 2. The molecule has 1 unspecified atom stereocenters. The first-order chi connectivity index (χ1) is 14.0. The zero-order valence-corrected chi connectivity index (χ0v) is 18.4. The van der Waals surface area contributed by atoms with Gasteiger partial charge in [-0.3, -0.25) is 9.59 Å². The Morgan fingerprint density at radius 3 is 2.30 bits per heavy atom. The van der Waals surface area contributed by atoms with E-state index in [2.05, 4.69) is 10.0 Å². The molecular weight excluding hydrogens is 402 g/mol. The largest absolute Gasteiger partial charge is 0.326 e. The van der Waals surface area contributed by atoms with E-state index in [4.69, 9.17) is 0 Å². The highest BCUT2D eigenvalue weighted by Crippen LogP contribution is 2.28. The van der Waals surface area contributed by atoms with Crippen molar-refractivity contribution in [3.63, 3.8) is 0 Å². The lowest BCUT2D eigenvalue weighted by atomic mass is 10.1. The van der Waals surface area contributed by atoms with Crippen LogP contribution < -0.4 is 14.9 Å². The van der Waals surface area contributed by atoms with Gasteiger partial charge in [0.2, 0.25) is 21.8 Å². The van der Waals surface area contributed by atoms with Gasteiger partial charge in [-0.1, -0.05) is 18.2 Å². The van der Waals surface area contributed by atoms with Crippen LogP contribution in [0.25, 0.3) is 0 Å². The number of rotatable bonds is 5. The molecule has 7 nitrogen and oxygen atoms in total. The number of amides is 2. The van der Waals surface area contributed by atoms with Crippen molar-refractivity contribution in [1.29, 1.82) is 0 Å². The van der Waals surface area contributed by atoms with Crippen molar-refractivity contribution in [2.75, 3.05) is 16.8 Å². The van der Waals surface area contributed by atoms with Gasteiger partial charge in [-0.15, -0.1) is 0 Å². The molecule has 1 aliphatic rings. The first-order valence-corrected chi connectivity index (χ1v) is 11.3. The molecule has 1 saturated heterocycles. The lowest BCUT2D eigenvalue weighted by Gasteiger charge is -2.20. The third-order valence-electron chi connectivity index (χ3n) is 4.77. The van der Waals surface area contributed by atoms with Gasteiger partial charge in [-0.25, -0.2) is 13.1 Å². The molecule has 160 valence electrons. The number of nitrogens with one attached hydrogen (secondary N) is 2. The van der Waals surface area contributed by atoms with Gasteiger partial charge in [0, 0.05) is 29.9 Å². The van der Waals surface area contributed by atoms with E-state index in [1.165, 1.54) is 12.1 Å². The molecule has 0 bridgehead atoms. The van der Waals surface area contributed by atoms with Crippen LogP contribution in [0.1, 0.15) is 32.8 Å². The Balaban J connectivity index is 1.67. The summed E-state index contributed by atoms with van der Waals surface area (Å²) < 4.78 is 27.4. The second kappa shape index (κ2) is 8.20. The predicted molar refractivity (Wildman–Crippen MR) is 117 cm³/mol. The summed E-state index contributed by atoms with van der Waals surface area (Å²) in [4.78, 5) is 26.9. The van der Waals surface area contributed by atoms with Crippen molar-refractivity contribution in [3.8, 4) is 0 Å². The fourth-order valence-electron chi connectivity index (χ4n) is 3.41. The van der Waals surface area contributed by atoms with E-state index < -0.39 is 21.5 Å². The Labute approximate surface area is 177 Å². The number of carbonyl (C=O) groups excluding carboxylic acids is 2. The summed E-state index contributed by atoms with van der Waals surface area (Å²) in [6.07, 6.45) is 0.141. The van der Waals surface area contributed by atoms with Gasteiger partial charge in [0.1, 0.15) is 0 Å². The highest BCUT2D eigenvalue weighted by atomic mass is 32.2. The number of aryl methyl sites for hydroxylation is 1. The third kappa shape index (κ3) is 5.06. The minimum atomic E-state index is -3.64. The Kier molecular flexibility index (Phi) is 6.01. The average molecular weight is 430 g/mol. The molecule has 2 aromatic rings. The molecular formula is C22H27N3O4S. The van der Waals surface area contributed by atoms with E-state index in [1.807, 2.05) is 31.2 Å². The van der Waals surface area contributed by atoms with E-state index >= 15 is 0 Å². The lowest BCUT2D eigenvalue weighted by Crippen LogP contribution is -2.40. The van der Waals surface area contributed by atoms with Crippen molar-refractivity contribution >= 4 is 33.2 Å². The summed E-state index contributed by atoms with van der Waals surface area (Å²) in [5.41, 5.74) is 1.69. The second-order valence-electron chi connectivity index (χ2n) is 8.56. The predicted octanol–water partition coefficient (Wildman–Crippen LogP) is 3.06. The quantitative estimate of drug-likeness (QED) is 0.764. The number of nitrogens with zero attached hydrogens (tertiary/aromatic N) is 1. The number of sulfonamides is 1. The molecule has 0 radical (unpaired) electrons. The van der Waals surface area contributed by atoms with Gasteiger partial charge < -0.3 is 10.2 Å². The summed E-state index contributed by atoms with van der Waals surface area (Å²) in [6, 6.07) is 13.6. The maximum absolute atomic E-state index is 12.7. The first-order valence-electron chi connectivity index (χ1n) is 9.77. The number of carbonyl (C=O) groups is 2. The molecule has 0 saturated carbocycles. The Hall–Kier alpha value is -2.71. The van der Waals surface area contributed by atoms with Crippen LogP contribution in [0.15, 0.2) is 53.4 Å². The fourth-order valence-corrected chi connectivity index (χ4v) is 4.82. The summed E-state index contributed by atoms with van der Waals surface area (Å²) in [6.45, 7) is 7.55. The van der Waals surface area contributed by atoms with Gasteiger partial charge in [0.05, 0.1) is 10.8 Å². The van der Waals surface area contributed by atoms with E-state index in [0.29, 0.717) is 12.2 Å². The highest BCUT2D eigenvalue weighted by Gasteiger charge is 2.35. The third-order valence-corrected chi connectivity index (χ3v) is 6.55. The first kappa shape index (κ1) is 22.0. The number of hydrogen-bond donors (Lipinski definition) is 2. The van der Waals surface area contributed by atoms with Crippen molar-refractivity contribution in [2.24, 2.45) is 5.92 Å². The molecule has 1 heterocycles. The number of para-hydroxylation sites is 1. The second-order valence-corrected chi connectivity index (χ2v) is 10.2. The standard InChI is InChI=1S/C22H27N3O4S/c1-15-7-5-6-8-19(15)25-14-16(13-20(25)26)21(27)23-17-9-11-18(12-10-17)30(28,29)24-22(2,3)4/h5-12,16,24H,13-14H2,1-4H3,(H,23,27). The summed E-state index contributed by atoms with van der Waals surface area (Å²) in [5, 5.41) is 2.78. The van der Waals surface area contributed by atoms with Crippen LogP contribution in [0.2, 0.25) is 0 Å². The Bertz CT molecular complexity index is 1060. The molecule has 8 heteroatoms. The van der Waals surface area contributed by atoms with Crippen molar-refractivity contribution in [2.45, 2.75) is 44.6 Å².